The number of anilines is 2. The van der Waals surface area contributed by atoms with E-state index in [4.69, 9.17) is 0 Å². The minimum Gasteiger partial charge on any atom is -0.406 e. The third-order valence-electron chi connectivity index (χ3n) is 4.92. The van der Waals surface area contributed by atoms with Gasteiger partial charge in [0.2, 0.25) is 0 Å². The number of benzene rings is 2. The lowest BCUT2D eigenvalue weighted by Gasteiger charge is -2.19. The molecule has 174 valence electrons. The highest BCUT2D eigenvalue weighted by Gasteiger charge is 2.37. The molecule has 8 nitrogen and oxygen atoms in total. The molecule has 1 N–H and O–H groups in total. The average Bonchev–Trinajstić information content (AvgIpc) is 3.08. The summed E-state index contributed by atoms with van der Waals surface area (Å²) in [5.74, 6) is -1.37. The van der Waals surface area contributed by atoms with Crippen LogP contribution in [-0.2, 0) is 11.3 Å². The summed E-state index contributed by atoms with van der Waals surface area (Å²) in [5, 5.41) is 2.75. The molecule has 0 bridgehead atoms. The van der Waals surface area contributed by atoms with Gasteiger partial charge in [-0.05, 0) is 48.0 Å². The number of pyridine rings is 1. The van der Waals surface area contributed by atoms with Gasteiger partial charge < -0.3 is 15.0 Å². The minimum atomic E-state index is -4.85. The number of rotatable bonds is 6. The fraction of sp³-hybridized carbons (Fsp3) is 0.130. The molecule has 3 aromatic rings. The monoisotopic (exact) mass is 470 g/mol. The predicted octanol–water partition coefficient (Wildman–Crippen LogP) is 4.20. The van der Waals surface area contributed by atoms with Crippen molar-refractivity contribution >= 4 is 29.2 Å². The normalized spacial score (nSPS) is 13.9. The van der Waals surface area contributed by atoms with Crippen LogP contribution in [-0.4, -0.2) is 40.6 Å². The van der Waals surface area contributed by atoms with Crippen LogP contribution in [0.15, 0.2) is 73.1 Å². The van der Waals surface area contributed by atoms with E-state index in [0.29, 0.717) is 16.8 Å². The lowest BCUT2D eigenvalue weighted by Crippen LogP contribution is -2.33. The summed E-state index contributed by atoms with van der Waals surface area (Å²) in [7, 11) is 0. The molecule has 2 aromatic carbocycles. The lowest BCUT2D eigenvalue weighted by molar-refractivity contribution is -0.274. The molecular formula is C23H17F3N4O4. The van der Waals surface area contributed by atoms with Crippen molar-refractivity contribution in [3.8, 4) is 5.75 Å². The van der Waals surface area contributed by atoms with Crippen LogP contribution in [0.4, 0.5) is 29.3 Å². The maximum atomic E-state index is 12.9. The first-order chi connectivity index (χ1) is 16.2. The zero-order valence-electron chi connectivity index (χ0n) is 17.5. The van der Waals surface area contributed by atoms with Gasteiger partial charge in [0.1, 0.15) is 12.3 Å². The first-order valence-corrected chi connectivity index (χ1v) is 9.98. The molecule has 34 heavy (non-hydrogen) atoms. The summed E-state index contributed by atoms with van der Waals surface area (Å²) in [6, 6.07) is 13.9. The Labute approximate surface area is 191 Å². The van der Waals surface area contributed by atoms with Gasteiger partial charge in [0.25, 0.3) is 11.8 Å². The maximum Gasteiger partial charge on any atom is 0.573 e. The molecule has 4 rings (SSSR count). The first kappa shape index (κ1) is 22.8. The van der Waals surface area contributed by atoms with E-state index in [-0.39, 0.29) is 24.7 Å². The number of urea groups is 1. The van der Waals surface area contributed by atoms with E-state index in [1.165, 1.54) is 29.4 Å². The minimum absolute atomic E-state index is 0.00324. The van der Waals surface area contributed by atoms with Crippen LogP contribution in [0.5, 0.6) is 5.75 Å². The quantitative estimate of drug-likeness (QED) is 0.546. The number of halogens is 3. The number of nitrogens with one attached hydrogen (secondary N) is 1. The number of carbonyl (C=O) groups excluding carboxylic acids is 3. The molecule has 0 radical (unpaired) electrons. The Bertz CT molecular complexity index is 1220. The molecule has 4 amide bonds. The molecule has 1 fully saturated rings. The molecule has 11 heteroatoms. The first-order valence-electron chi connectivity index (χ1n) is 9.98. The Morgan fingerprint density at radius 1 is 1.03 bits per heavy atom. The van der Waals surface area contributed by atoms with Crippen LogP contribution in [0.25, 0.3) is 0 Å². The molecular weight excluding hydrogens is 453 g/mol. The third-order valence-corrected chi connectivity index (χ3v) is 4.92. The zero-order valence-corrected chi connectivity index (χ0v) is 17.5. The number of amides is 4. The summed E-state index contributed by atoms with van der Waals surface area (Å²) in [6.07, 6.45) is -1.92. The predicted molar refractivity (Wildman–Crippen MR) is 115 cm³/mol. The number of aromatic nitrogens is 1. The number of nitrogens with zero attached hydrogens (tertiary/aromatic N) is 3. The van der Waals surface area contributed by atoms with E-state index in [1.807, 2.05) is 0 Å². The van der Waals surface area contributed by atoms with Crippen molar-refractivity contribution in [2.75, 3.05) is 16.8 Å². The van der Waals surface area contributed by atoms with E-state index >= 15 is 0 Å². The smallest absolute Gasteiger partial charge is 0.406 e. The van der Waals surface area contributed by atoms with E-state index in [2.05, 4.69) is 15.0 Å². The summed E-state index contributed by atoms with van der Waals surface area (Å²) < 4.78 is 40.9. The van der Waals surface area contributed by atoms with Gasteiger partial charge >= 0.3 is 12.4 Å². The summed E-state index contributed by atoms with van der Waals surface area (Å²) >= 11 is 0. The van der Waals surface area contributed by atoms with E-state index in [9.17, 15) is 27.6 Å². The third kappa shape index (κ3) is 5.14. The van der Waals surface area contributed by atoms with Gasteiger partial charge in [-0.15, -0.1) is 13.2 Å². The molecule has 0 saturated carbocycles. The standard InChI is InChI=1S/C23H17F3N4O4/c24-23(25,26)34-18-8-6-17(7-9-18)30-20(31)14-29(22(30)33)13-16-10-11-27-12-19(16)28-21(32)15-4-2-1-3-5-15/h1-12H,13-14H2,(H,28,32). The van der Waals surface area contributed by atoms with Crippen molar-refractivity contribution in [3.63, 3.8) is 0 Å². The van der Waals surface area contributed by atoms with Crippen LogP contribution in [0, 0.1) is 0 Å². The Kier molecular flexibility index (Phi) is 6.17. The fourth-order valence-corrected chi connectivity index (χ4v) is 3.39. The fourth-order valence-electron chi connectivity index (χ4n) is 3.39. The Morgan fingerprint density at radius 3 is 2.41 bits per heavy atom. The van der Waals surface area contributed by atoms with Gasteiger partial charge in [-0.3, -0.25) is 14.6 Å². The number of alkyl halides is 3. The molecule has 0 spiro atoms. The lowest BCUT2D eigenvalue weighted by atomic mass is 10.2. The van der Waals surface area contributed by atoms with Crippen LogP contribution < -0.4 is 15.0 Å². The van der Waals surface area contributed by atoms with Crippen LogP contribution in [0.2, 0.25) is 0 Å². The van der Waals surface area contributed by atoms with Crippen molar-refractivity contribution in [2.45, 2.75) is 12.9 Å². The van der Waals surface area contributed by atoms with Crippen LogP contribution in [0.3, 0.4) is 0 Å². The van der Waals surface area contributed by atoms with Gasteiger partial charge in [0.15, 0.2) is 0 Å². The van der Waals surface area contributed by atoms with Gasteiger partial charge in [-0.1, -0.05) is 18.2 Å². The SMILES string of the molecule is O=C(Nc1cnccc1CN1CC(=O)N(c2ccc(OC(F)(F)F)cc2)C1=O)c1ccccc1. The number of imide groups is 1. The second kappa shape index (κ2) is 9.22. The molecule has 2 heterocycles. The van der Waals surface area contributed by atoms with Crippen molar-refractivity contribution in [1.82, 2.24) is 9.88 Å². The highest BCUT2D eigenvalue weighted by atomic mass is 19.4. The second-order valence-corrected chi connectivity index (χ2v) is 7.26. The van der Waals surface area contributed by atoms with E-state index in [1.54, 1.807) is 36.4 Å². The molecule has 1 aromatic heterocycles. The summed E-state index contributed by atoms with van der Waals surface area (Å²) in [5.41, 5.74) is 1.48. The number of hydrogen-bond acceptors (Lipinski definition) is 5. The van der Waals surface area contributed by atoms with E-state index in [0.717, 1.165) is 17.0 Å². The highest BCUT2D eigenvalue weighted by molar-refractivity contribution is 6.19. The maximum absolute atomic E-state index is 12.9. The molecule has 0 unspecified atom stereocenters. The van der Waals surface area contributed by atoms with Crippen molar-refractivity contribution in [3.05, 3.63) is 84.2 Å². The average molecular weight is 470 g/mol. The van der Waals surface area contributed by atoms with Crippen LogP contribution in [0.1, 0.15) is 15.9 Å². The van der Waals surface area contributed by atoms with Crippen molar-refractivity contribution in [2.24, 2.45) is 0 Å². The molecule has 1 aliphatic heterocycles. The molecule has 0 aliphatic carbocycles. The van der Waals surface area contributed by atoms with E-state index < -0.39 is 24.1 Å². The van der Waals surface area contributed by atoms with Gasteiger partial charge in [0.05, 0.1) is 24.1 Å². The number of hydrogen-bond donors (Lipinski definition) is 1. The summed E-state index contributed by atoms with van der Waals surface area (Å²) in [4.78, 5) is 44.1. The van der Waals surface area contributed by atoms with Crippen molar-refractivity contribution in [1.29, 1.82) is 0 Å². The zero-order chi connectivity index (χ0) is 24.3. The van der Waals surface area contributed by atoms with Gasteiger partial charge in [-0.25, -0.2) is 9.69 Å². The van der Waals surface area contributed by atoms with Crippen molar-refractivity contribution < 1.29 is 32.3 Å². The second-order valence-electron chi connectivity index (χ2n) is 7.26. The molecule has 1 saturated heterocycles. The highest BCUT2D eigenvalue weighted by Crippen LogP contribution is 2.28. The Hall–Kier alpha value is -4.41. The molecule has 0 atom stereocenters. The van der Waals surface area contributed by atoms with Gasteiger partial charge in [0, 0.05) is 11.8 Å². The van der Waals surface area contributed by atoms with Crippen LogP contribution >= 0.6 is 0 Å². The Morgan fingerprint density at radius 2 is 1.74 bits per heavy atom. The summed E-state index contributed by atoms with van der Waals surface area (Å²) in [6.45, 7) is -0.239. The largest absolute Gasteiger partial charge is 0.573 e. The Balaban J connectivity index is 1.48. The number of ether oxygens (including phenoxy) is 1. The molecule has 1 aliphatic rings. The van der Waals surface area contributed by atoms with Gasteiger partial charge in [-0.2, -0.15) is 0 Å². The number of carbonyl (C=O) groups is 3. The topological polar surface area (TPSA) is 91.8 Å².